The number of fused-ring (bicyclic) bond motifs is 5. The highest BCUT2D eigenvalue weighted by Gasteiger charge is 2.33. The highest BCUT2D eigenvalue weighted by atomic mass is 16.5. The van der Waals surface area contributed by atoms with E-state index in [2.05, 4.69) is 44.2 Å². The Bertz CT molecular complexity index is 959. The first-order chi connectivity index (χ1) is 14.0. The van der Waals surface area contributed by atoms with Gasteiger partial charge in [-0.2, -0.15) is 0 Å². The number of carbonyl (C=O) groups is 1. The number of allylic oxidation sites excluding steroid dienone is 2. The van der Waals surface area contributed by atoms with Gasteiger partial charge in [-0.1, -0.05) is 48.4 Å². The quantitative estimate of drug-likeness (QED) is 0.369. The van der Waals surface area contributed by atoms with Crippen molar-refractivity contribution in [3.8, 4) is 0 Å². The van der Waals surface area contributed by atoms with Crippen molar-refractivity contribution in [3.63, 3.8) is 0 Å². The Morgan fingerprint density at radius 3 is 2.83 bits per heavy atom. The summed E-state index contributed by atoms with van der Waals surface area (Å²) in [5.41, 5.74) is 13.3. The average Bonchev–Trinajstić information content (AvgIpc) is 2.68. The maximum absolute atomic E-state index is 12.1. The SMILES string of the molecule is CCOC(=O)C(CC)CCC1=CC2Cc3cc4cc(C)ccc4c(N)c3C(C1)C2. The van der Waals surface area contributed by atoms with Gasteiger partial charge in [0.15, 0.2) is 0 Å². The minimum Gasteiger partial charge on any atom is -0.466 e. The number of rotatable bonds is 6. The summed E-state index contributed by atoms with van der Waals surface area (Å²) >= 11 is 0. The lowest BCUT2D eigenvalue weighted by Gasteiger charge is -2.37. The monoisotopic (exact) mass is 391 g/mol. The first kappa shape index (κ1) is 20.0. The normalized spacial score (nSPS) is 21.4. The molecule has 2 N–H and O–H groups in total. The molecule has 2 aromatic rings. The van der Waals surface area contributed by atoms with Crippen molar-refractivity contribution in [2.45, 2.75) is 65.2 Å². The van der Waals surface area contributed by atoms with E-state index in [1.807, 2.05) is 6.92 Å². The number of benzene rings is 2. The molecule has 0 aromatic heterocycles. The molecule has 3 heteroatoms. The molecule has 0 fully saturated rings. The van der Waals surface area contributed by atoms with Crippen LogP contribution >= 0.6 is 0 Å². The van der Waals surface area contributed by atoms with Crippen LogP contribution in [-0.2, 0) is 16.0 Å². The molecular weight excluding hydrogens is 358 g/mol. The second-order valence-electron chi connectivity index (χ2n) is 8.91. The smallest absolute Gasteiger partial charge is 0.308 e. The first-order valence-corrected chi connectivity index (χ1v) is 11.2. The van der Waals surface area contributed by atoms with E-state index in [9.17, 15) is 4.79 Å². The molecule has 0 amide bonds. The number of hydrogen-bond acceptors (Lipinski definition) is 3. The Morgan fingerprint density at radius 1 is 1.24 bits per heavy atom. The average molecular weight is 392 g/mol. The number of esters is 1. The van der Waals surface area contributed by atoms with Gasteiger partial charge in [-0.05, 0) is 80.7 Å². The molecule has 0 spiro atoms. The van der Waals surface area contributed by atoms with Crippen LogP contribution in [0.15, 0.2) is 35.9 Å². The fourth-order valence-corrected chi connectivity index (χ4v) is 5.45. The predicted octanol–water partition coefficient (Wildman–Crippen LogP) is 6.08. The molecule has 3 atom stereocenters. The van der Waals surface area contributed by atoms with E-state index in [1.165, 1.54) is 39.5 Å². The summed E-state index contributed by atoms with van der Waals surface area (Å²) in [6, 6.07) is 8.96. The Morgan fingerprint density at radius 2 is 2.07 bits per heavy atom. The van der Waals surface area contributed by atoms with Crippen LogP contribution in [0.1, 0.15) is 68.6 Å². The molecule has 3 unspecified atom stereocenters. The summed E-state index contributed by atoms with van der Waals surface area (Å²) in [6.07, 6.45) is 8.58. The van der Waals surface area contributed by atoms with Gasteiger partial charge < -0.3 is 10.5 Å². The van der Waals surface area contributed by atoms with Gasteiger partial charge in [-0.15, -0.1) is 0 Å². The fraction of sp³-hybridized carbons (Fsp3) is 0.500. The summed E-state index contributed by atoms with van der Waals surface area (Å²) in [4.78, 5) is 12.1. The zero-order valence-corrected chi connectivity index (χ0v) is 18.0. The van der Waals surface area contributed by atoms with E-state index in [0.29, 0.717) is 18.4 Å². The molecule has 2 bridgehead atoms. The van der Waals surface area contributed by atoms with Crippen molar-refractivity contribution in [3.05, 3.63) is 52.6 Å². The van der Waals surface area contributed by atoms with Crippen molar-refractivity contribution >= 4 is 22.4 Å². The van der Waals surface area contributed by atoms with E-state index < -0.39 is 0 Å². The lowest BCUT2D eigenvalue weighted by Crippen LogP contribution is -2.24. The molecule has 4 rings (SSSR count). The minimum absolute atomic E-state index is 0.0159. The molecule has 3 nitrogen and oxygen atoms in total. The number of aryl methyl sites for hydroxylation is 1. The van der Waals surface area contributed by atoms with Gasteiger partial charge in [0.2, 0.25) is 0 Å². The predicted molar refractivity (Wildman–Crippen MR) is 120 cm³/mol. The Labute approximate surface area is 174 Å². The summed E-state index contributed by atoms with van der Waals surface area (Å²) in [5.74, 6) is 1.09. The van der Waals surface area contributed by atoms with Crippen molar-refractivity contribution in [1.29, 1.82) is 0 Å². The van der Waals surface area contributed by atoms with Gasteiger partial charge in [0, 0.05) is 11.1 Å². The molecule has 0 saturated carbocycles. The molecule has 0 radical (unpaired) electrons. The van der Waals surface area contributed by atoms with Gasteiger partial charge in [0.1, 0.15) is 0 Å². The van der Waals surface area contributed by atoms with Gasteiger partial charge >= 0.3 is 5.97 Å². The van der Waals surface area contributed by atoms with E-state index in [-0.39, 0.29) is 11.9 Å². The van der Waals surface area contributed by atoms with Crippen molar-refractivity contribution < 1.29 is 9.53 Å². The topological polar surface area (TPSA) is 52.3 Å². The summed E-state index contributed by atoms with van der Waals surface area (Å²) in [5, 5.41) is 2.46. The largest absolute Gasteiger partial charge is 0.466 e. The Balaban J connectivity index is 1.55. The third-order valence-corrected chi connectivity index (χ3v) is 6.85. The van der Waals surface area contributed by atoms with Crippen LogP contribution in [0.2, 0.25) is 0 Å². The maximum Gasteiger partial charge on any atom is 0.308 e. The molecule has 2 aliphatic carbocycles. The summed E-state index contributed by atoms with van der Waals surface area (Å²) < 4.78 is 5.25. The lowest BCUT2D eigenvalue weighted by atomic mass is 9.68. The van der Waals surface area contributed by atoms with E-state index in [4.69, 9.17) is 10.5 Å². The van der Waals surface area contributed by atoms with Crippen LogP contribution in [-0.4, -0.2) is 12.6 Å². The van der Waals surface area contributed by atoms with Crippen LogP contribution in [0, 0.1) is 18.8 Å². The third-order valence-electron chi connectivity index (χ3n) is 6.85. The lowest BCUT2D eigenvalue weighted by molar-refractivity contribution is -0.148. The molecular formula is C26H33NO2. The number of hydrogen-bond donors (Lipinski definition) is 1. The molecule has 154 valence electrons. The number of carbonyl (C=O) groups excluding carboxylic acids is 1. The molecule has 2 aromatic carbocycles. The number of nitrogen functional groups attached to an aromatic ring is 1. The van der Waals surface area contributed by atoms with Gasteiger partial charge in [0.05, 0.1) is 12.5 Å². The minimum atomic E-state index is -0.0389. The van der Waals surface area contributed by atoms with E-state index in [0.717, 1.165) is 37.8 Å². The van der Waals surface area contributed by atoms with Crippen LogP contribution in [0.4, 0.5) is 5.69 Å². The summed E-state index contributed by atoms with van der Waals surface area (Å²) in [6.45, 7) is 6.56. The van der Waals surface area contributed by atoms with Crippen LogP contribution in [0.25, 0.3) is 10.8 Å². The van der Waals surface area contributed by atoms with Crippen LogP contribution in [0.3, 0.4) is 0 Å². The Kier molecular flexibility index (Phi) is 5.67. The zero-order valence-electron chi connectivity index (χ0n) is 18.0. The first-order valence-electron chi connectivity index (χ1n) is 11.2. The maximum atomic E-state index is 12.1. The van der Waals surface area contributed by atoms with Crippen molar-refractivity contribution in [1.82, 2.24) is 0 Å². The molecule has 0 heterocycles. The van der Waals surface area contributed by atoms with Gasteiger partial charge in [0.25, 0.3) is 0 Å². The summed E-state index contributed by atoms with van der Waals surface area (Å²) in [7, 11) is 0. The van der Waals surface area contributed by atoms with Crippen LogP contribution < -0.4 is 5.73 Å². The molecule has 0 saturated heterocycles. The van der Waals surface area contributed by atoms with E-state index in [1.54, 1.807) is 0 Å². The van der Waals surface area contributed by atoms with Crippen LogP contribution in [0.5, 0.6) is 0 Å². The zero-order chi connectivity index (χ0) is 20.5. The molecule has 2 aliphatic rings. The highest BCUT2D eigenvalue weighted by molar-refractivity contribution is 5.96. The third kappa shape index (κ3) is 3.92. The standard InChI is InChI=1S/C26H33NO2/c1-4-19(26(28)29-5-2)8-7-17-11-18-13-21(12-17)24-22(14-18)15-20-10-16(3)6-9-23(20)25(24)27/h6,9-11,15,18-19,21H,4-5,7-8,12-14,27H2,1-3H3. The second kappa shape index (κ2) is 8.22. The molecule has 29 heavy (non-hydrogen) atoms. The van der Waals surface area contributed by atoms with Gasteiger partial charge in [-0.25, -0.2) is 0 Å². The second-order valence-corrected chi connectivity index (χ2v) is 8.91. The number of ether oxygens (including phenoxy) is 1. The Hall–Kier alpha value is -2.29. The fourth-order valence-electron chi connectivity index (χ4n) is 5.45. The van der Waals surface area contributed by atoms with E-state index >= 15 is 0 Å². The van der Waals surface area contributed by atoms with Gasteiger partial charge in [-0.3, -0.25) is 4.79 Å². The number of nitrogens with two attached hydrogens (primary N) is 1. The molecule has 0 aliphatic heterocycles. The van der Waals surface area contributed by atoms with Crippen molar-refractivity contribution in [2.24, 2.45) is 11.8 Å². The highest BCUT2D eigenvalue weighted by Crippen LogP contribution is 2.48. The van der Waals surface area contributed by atoms with Crippen molar-refractivity contribution in [2.75, 3.05) is 12.3 Å². The number of anilines is 1.